The van der Waals surface area contributed by atoms with Crippen LogP contribution in [-0.4, -0.2) is 29.7 Å². The van der Waals surface area contributed by atoms with Gasteiger partial charge < -0.3 is 4.90 Å². The van der Waals surface area contributed by atoms with Gasteiger partial charge in [0.1, 0.15) is 0 Å². The van der Waals surface area contributed by atoms with Crippen LogP contribution in [0.15, 0.2) is 28.7 Å². The molecule has 0 aromatic heterocycles. The van der Waals surface area contributed by atoms with Crippen LogP contribution in [0.4, 0.5) is 0 Å². The van der Waals surface area contributed by atoms with Crippen molar-refractivity contribution < 1.29 is 9.59 Å². The molecular formula is C11H10BrNO2. The second-order valence-electron chi connectivity index (χ2n) is 3.52. The highest BCUT2D eigenvalue weighted by Gasteiger charge is 2.24. The summed E-state index contributed by atoms with van der Waals surface area (Å²) < 4.78 is 0.941. The van der Waals surface area contributed by atoms with E-state index in [1.165, 1.54) is 0 Å². The van der Waals surface area contributed by atoms with Crippen LogP contribution in [0.2, 0.25) is 0 Å². The van der Waals surface area contributed by atoms with Gasteiger partial charge in [-0.1, -0.05) is 15.9 Å². The normalized spacial score (nSPS) is 15.8. The largest absolute Gasteiger partial charge is 0.331 e. The van der Waals surface area contributed by atoms with Gasteiger partial charge in [0.15, 0.2) is 5.78 Å². The summed E-state index contributed by atoms with van der Waals surface area (Å²) in [5, 5.41) is 0. The Bertz CT molecular complexity index is 400. The van der Waals surface area contributed by atoms with E-state index in [1.54, 1.807) is 17.0 Å². The van der Waals surface area contributed by atoms with E-state index in [-0.39, 0.29) is 18.2 Å². The molecule has 15 heavy (non-hydrogen) atoms. The molecule has 1 heterocycles. The smallest absolute Gasteiger partial charge is 0.254 e. The number of rotatable bonds is 1. The van der Waals surface area contributed by atoms with Gasteiger partial charge in [-0.05, 0) is 24.3 Å². The molecule has 2 rings (SSSR count). The molecule has 0 bridgehead atoms. The highest BCUT2D eigenvalue weighted by molar-refractivity contribution is 9.10. The Kier molecular flexibility index (Phi) is 2.86. The molecule has 0 aliphatic carbocycles. The molecule has 1 aliphatic rings. The Labute approximate surface area is 96.2 Å². The van der Waals surface area contributed by atoms with Gasteiger partial charge in [0.25, 0.3) is 5.91 Å². The predicted octanol–water partition coefficient (Wildman–Crippen LogP) is 1.86. The Hall–Kier alpha value is -1.16. The number of ketones is 1. The van der Waals surface area contributed by atoms with Crippen LogP contribution in [0, 0.1) is 0 Å². The topological polar surface area (TPSA) is 37.4 Å². The van der Waals surface area contributed by atoms with E-state index in [9.17, 15) is 9.59 Å². The number of halogens is 1. The number of hydrogen-bond acceptors (Lipinski definition) is 2. The molecule has 1 saturated heterocycles. The Morgan fingerprint density at radius 3 is 2.47 bits per heavy atom. The summed E-state index contributed by atoms with van der Waals surface area (Å²) in [4.78, 5) is 24.5. The average molecular weight is 268 g/mol. The van der Waals surface area contributed by atoms with Crippen molar-refractivity contribution in [1.82, 2.24) is 4.90 Å². The molecule has 0 spiro atoms. The lowest BCUT2D eigenvalue weighted by Crippen LogP contribution is -2.28. The van der Waals surface area contributed by atoms with Crippen LogP contribution in [0.25, 0.3) is 0 Å². The summed E-state index contributed by atoms with van der Waals surface area (Å²) in [6.07, 6.45) is 0.488. The molecule has 4 heteroatoms. The molecule has 3 nitrogen and oxygen atoms in total. The first-order valence-corrected chi connectivity index (χ1v) is 5.52. The summed E-state index contributed by atoms with van der Waals surface area (Å²) >= 11 is 3.31. The number of Topliss-reactive ketones (excluding diaryl/α,β-unsaturated/α-hetero) is 1. The first-order chi connectivity index (χ1) is 7.16. The lowest BCUT2D eigenvalue weighted by atomic mass is 10.2. The Balaban J connectivity index is 2.14. The van der Waals surface area contributed by atoms with Crippen LogP contribution in [0.3, 0.4) is 0 Å². The summed E-state index contributed by atoms with van der Waals surface area (Å²) in [6, 6.07) is 7.17. The zero-order valence-corrected chi connectivity index (χ0v) is 9.66. The maximum Gasteiger partial charge on any atom is 0.254 e. The average Bonchev–Trinajstić information content (AvgIpc) is 2.65. The fraction of sp³-hybridized carbons (Fsp3) is 0.273. The maximum atomic E-state index is 11.9. The number of amides is 1. The molecule has 0 radical (unpaired) electrons. The van der Waals surface area contributed by atoms with Gasteiger partial charge in [-0.15, -0.1) is 0 Å². The number of benzene rings is 1. The van der Waals surface area contributed by atoms with Gasteiger partial charge in [0.2, 0.25) is 0 Å². The summed E-state index contributed by atoms with van der Waals surface area (Å²) in [7, 11) is 0. The van der Waals surface area contributed by atoms with Gasteiger partial charge in [-0.3, -0.25) is 9.59 Å². The lowest BCUT2D eigenvalue weighted by Gasteiger charge is -2.13. The molecule has 0 atom stereocenters. The van der Waals surface area contributed by atoms with Gasteiger partial charge >= 0.3 is 0 Å². The van der Waals surface area contributed by atoms with E-state index in [0.717, 1.165) is 4.47 Å². The van der Waals surface area contributed by atoms with Crippen molar-refractivity contribution in [1.29, 1.82) is 0 Å². The quantitative estimate of drug-likeness (QED) is 0.779. The number of likely N-dealkylation sites (tertiary alicyclic amines) is 1. The van der Waals surface area contributed by atoms with E-state index >= 15 is 0 Å². The standard InChI is InChI=1S/C11H10BrNO2/c12-9-3-1-8(2-4-9)11(15)13-6-5-10(14)7-13/h1-4H,5-7H2. The molecule has 1 aromatic rings. The highest BCUT2D eigenvalue weighted by Crippen LogP contribution is 2.14. The minimum Gasteiger partial charge on any atom is -0.331 e. The third-order valence-corrected chi connectivity index (χ3v) is 2.93. The molecule has 1 aromatic carbocycles. The zero-order valence-electron chi connectivity index (χ0n) is 8.07. The van der Waals surface area contributed by atoms with Crippen LogP contribution in [-0.2, 0) is 4.79 Å². The fourth-order valence-corrected chi connectivity index (χ4v) is 1.84. The summed E-state index contributed by atoms with van der Waals surface area (Å²) in [6.45, 7) is 0.808. The summed E-state index contributed by atoms with van der Waals surface area (Å²) in [5.74, 6) is 0.0776. The van der Waals surface area contributed by atoms with Crippen LogP contribution in [0.1, 0.15) is 16.8 Å². The van der Waals surface area contributed by atoms with Crippen molar-refractivity contribution in [2.75, 3.05) is 13.1 Å². The van der Waals surface area contributed by atoms with E-state index < -0.39 is 0 Å². The molecule has 1 aliphatic heterocycles. The van der Waals surface area contributed by atoms with Gasteiger partial charge in [-0.2, -0.15) is 0 Å². The van der Waals surface area contributed by atoms with Crippen molar-refractivity contribution in [2.45, 2.75) is 6.42 Å². The molecule has 1 fully saturated rings. The van der Waals surface area contributed by atoms with E-state index in [1.807, 2.05) is 12.1 Å². The number of hydrogen-bond donors (Lipinski definition) is 0. The monoisotopic (exact) mass is 267 g/mol. The predicted molar refractivity (Wildman–Crippen MR) is 59.7 cm³/mol. The SMILES string of the molecule is O=C1CCN(C(=O)c2ccc(Br)cc2)C1. The molecule has 78 valence electrons. The summed E-state index contributed by atoms with van der Waals surface area (Å²) in [5.41, 5.74) is 0.632. The Morgan fingerprint density at radius 1 is 1.27 bits per heavy atom. The molecule has 1 amide bonds. The van der Waals surface area contributed by atoms with E-state index in [0.29, 0.717) is 18.5 Å². The maximum absolute atomic E-state index is 11.9. The molecular weight excluding hydrogens is 258 g/mol. The second-order valence-corrected chi connectivity index (χ2v) is 4.44. The van der Waals surface area contributed by atoms with E-state index in [2.05, 4.69) is 15.9 Å². The lowest BCUT2D eigenvalue weighted by molar-refractivity contribution is -0.116. The minimum absolute atomic E-state index is 0.0617. The highest BCUT2D eigenvalue weighted by atomic mass is 79.9. The molecule has 0 saturated carbocycles. The number of carbonyl (C=O) groups excluding carboxylic acids is 2. The van der Waals surface area contributed by atoms with Crippen LogP contribution in [0.5, 0.6) is 0 Å². The van der Waals surface area contributed by atoms with Crippen LogP contribution < -0.4 is 0 Å². The molecule has 0 unspecified atom stereocenters. The third-order valence-electron chi connectivity index (χ3n) is 2.41. The van der Waals surface area contributed by atoms with Crippen molar-refractivity contribution in [3.8, 4) is 0 Å². The van der Waals surface area contributed by atoms with Gasteiger partial charge in [-0.25, -0.2) is 0 Å². The van der Waals surface area contributed by atoms with Crippen LogP contribution >= 0.6 is 15.9 Å². The second kappa shape index (κ2) is 4.14. The third kappa shape index (κ3) is 2.26. The first kappa shape index (κ1) is 10.4. The van der Waals surface area contributed by atoms with Crippen molar-refractivity contribution in [3.05, 3.63) is 34.3 Å². The van der Waals surface area contributed by atoms with Crippen molar-refractivity contribution in [3.63, 3.8) is 0 Å². The number of nitrogens with zero attached hydrogens (tertiary/aromatic N) is 1. The fourth-order valence-electron chi connectivity index (χ4n) is 1.58. The molecule has 0 N–H and O–H groups in total. The Morgan fingerprint density at radius 2 is 1.93 bits per heavy atom. The zero-order chi connectivity index (χ0) is 10.8. The first-order valence-electron chi connectivity index (χ1n) is 4.73. The van der Waals surface area contributed by atoms with Crippen molar-refractivity contribution in [2.24, 2.45) is 0 Å². The number of carbonyl (C=O) groups is 2. The van der Waals surface area contributed by atoms with Crippen molar-refractivity contribution >= 4 is 27.6 Å². The van der Waals surface area contributed by atoms with Gasteiger partial charge in [0, 0.05) is 23.0 Å². The minimum atomic E-state index is -0.0617. The van der Waals surface area contributed by atoms with Gasteiger partial charge in [0.05, 0.1) is 6.54 Å². The van der Waals surface area contributed by atoms with E-state index in [4.69, 9.17) is 0 Å².